The van der Waals surface area contributed by atoms with Gasteiger partial charge < -0.3 is 15.9 Å². The summed E-state index contributed by atoms with van der Waals surface area (Å²) >= 11 is 0. The van der Waals surface area contributed by atoms with E-state index in [2.05, 4.69) is 5.92 Å². The van der Waals surface area contributed by atoms with Crippen molar-refractivity contribution in [1.29, 1.82) is 0 Å². The van der Waals surface area contributed by atoms with Crippen LogP contribution in [0, 0.1) is 12.3 Å². The Morgan fingerprint density at radius 3 is 2.23 bits per heavy atom. The molecule has 0 bridgehead atoms. The second-order valence-corrected chi connectivity index (χ2v) is 2.19. The fraction of sp³-hybridized carbons (Fsp3) is 0.200. The van der Waals surface area contributed by atoms with Crippen LogP contribution in [0.15, 0.2) is 18.2 Å². The van der Waals surface area contributed by atoms with Crippen LogP contribution in [0.4, 0.5) is 0 Å². The van der Waals surface area contributed by atoms with Gasteiger partial charge in [-0.1, -0.05) is 6.07 Å². The third-order valence-electron chi connectivity index (χ3n) is 1.53. The molecule has 1 aromatic carbocycles. The summed E-state index contributed by atoms with van der Waals surface area (Å²) in [6.07, 6.45) is 6.90. The number of rotatable bonds is 2. The summed E-state index contributed by atoms with van der Waals surface area (Å²) in [5.74, 6) is 3.55. The Morgan fingerprint density at radius 1 is 1.15 bits per heavy atom. The first-order valence-electron chi connectivity index (χ1n) is 3.46. The molecule has 0 heterocycles. The molecule has 0 aliphatic rings. The maximum absolute atomic E-state index is 6.90. The molecular weight excluding hydrogens is 159 g/mol. The molecule has 0 saturated heterocycles. The van der Waals surface area contributed by atoms with E-state index < -0.39 is 0 Å². The van der Waals surface area contributed by atoms with Gasteiger partial charge >= 0.3 is 18.9 Å². The van der Waals surface area contributed by atoms with Gasteiger partial charge in [0.1, 0.15) is 5.75 Å². The molecule has 2 nitrogen and oxygen atoms in total. The Labute approximate surface area is 90.4 Å². The number of methoxy groups -OCH3 is 2. The minimum atomic E-state index is 0. The first-order chi connectivity index (χ1) is 5.81. The molecule has 0 aliphatic heterocycles. The van der Waals surface area contributed by atoms with Crippen LogP contribution in [-0.4, -0.2) is 14.2 Å². The first-order valence-corrected chi connectivity index (χ1v) is 3.46. The van der Waals surface area contributed by atoms with Crippen LogP contribution >= 0.6 is 0 Å². The monoisotopic (exact) mass is 168 g/mol. The van der Waals surface area contributed by atoms with Crippen molar-refractivity contribution in [2.45, 2.75) is 0 Å². The summed E-state index contributed by atoms with van der Waals surface area (Å²) in [5, 5.41) is 0. The Balaban J connectivity index is 0.00000144. The smallest absolute Gasteiger partial charge is 0.494 e. The second-order valence-electron chi connectivity index (χ2n) is 2.19. The minimum Gasteiger partial charge on any atom is -0.494 e. The zero-order valence-electron chi connectivity index (χ0n) is 8.05. The minimum absolute atomic E-state index is 0. The number of hydrogen-bond acceptors (Lipinski definition) is 2. The summed E-state index contributed by atoms with van der Waals surface area (Å²) in [7, 11) is 3.14. The van der Waals surface area contributed by atoms with E-state index in [1.807, 2.05) is 0 Å². The van der Waals surface area contributed by atoms with Crippen LogP contribution < -0.4 is 28.3 Å². The van der Waals surface area contributed by atoms with Crippen molar-refractivity contribution in [3.63, 3.8) is 0 Å². The van der Waals surface area contributed by atoms with E-state index in [0.29, 0.717) is 17.1 Å². The number of hydrogen-bond donors (Lipinski definition) is 0. The van der Waals surface area contributed by atoms with E-state index in [0.717, 1.165) is 0 Å². The molecule has 0 spiro atoms. The predicted octanol–water partition coefficient (Wildman–Crippen LogP) is -1.35. The van der Waals surface area contributed by atoms with Crippen molar-refractivity contribution in [2.24, 2.45) is 0 Å². The van der Waals surface area contributed by atoms with Gasteiger partial charge in [0.15, 0.2) is 5.75 Å². The fourth-order valence-corrected chi connectivity index (χ4v) is 0.914. The van der Waals surface area contributed by atoms with Gasteiger partial charge in [0.25, 0.3) is 0 Å². The Bertz CT molecular complexity index is 315. The molecule has 1 rings (SSSR count). The van der Waals surface area contributed by atoms with Gasteiger partial charge in [-0.05, 0) is 6.07 Å². The van der Waals surface area contributed by atoms with Crippen molar-refractivity contribution < 1.29 is 28.3 Å². The second kappa shape index (κ2) is 5.59. The van der Waals surface area contributed by atoms with Gasteiger partial charge in [-0.2, -0.15) is 0 Å². The molecule has 0 saturated carbocycles. The van der Waals surface area contributed by atoms with E-state index in [1.54, 1.807) is 32.4 Å². The average molecular weight is 168 g/mol. The van der Waals surface area contributed by atoms with E-state index in [9.17, 15) is 0 Å². The Morgan fingerprint density at radius 2 is 1.77 bits per heavy atom. The molecule has 0 fully saturated rings. The average Bonchev–Trinajstić information content (AvgIpc) is 2.16. The summed E-state index contributed by atoms with van der Waals surface area (Å²) in [4.78, 5) is 0. The van der Waals surface area contributed by atoms with Crippen LogP contribution in [0.3, 0.4) is 0 Å². The Hall–Kier alpha value is -1.02. The van der Waals surface area contributed by atoms with Gasteiger partial charge in [0, 0.05) is 0 Å². The third-order valence-corrected chi connectivity index (χ3v) is 1.53. The molecule has 0 unspecified atom stereocenters. The van der Waals surface area contributed by atoms with Gasteiger partial charge in [-0.3, -0.25) is 5.92 Å². The molecule has 0 N–H and O–H groups in total. The van der Waals surface area contributed by atoms with E-state index >= 15 is 0 Å². The van der Waals surface area contributed by atoms with Crippen LogP contribution in [-0.2, 0) is 0 Å². The van der Waals surface area contributed by atoms with Gasteiger partial charge in [0.05, 0.1) is 14.2 Å². The predicted molar refractivity (Wildman–Crippen MR) is 45.8 cm³/mol. The maximum Gasteiger partial charge on any atom is 1.00 e. The van der Waals surface area contributed by atoms with Crippen molar-refractivity contribution in [3.05, 3.63) is 30.2 Å². The molecule has 0 amide bonds. The molecule has 3 heteroatoms. The summed E-state index contributed by atoms with van der Waals surface area (Å²) in [6.45, 7) is 0. The first kappa shape index (κ1) is 12.0. The van der Waals surface area contributed by atoms with E-state index in [1.165, 1.54) is 0 Å². The molecule has 0 aromatic heterocycles. The van der Waals surface area contributed by atoms with Gasteiger partial charge in [-0.15, -0.1) is 11.6 Å². The van der Waals surface area contributed by atoms with Gasteiger partial charge in [0.2, 0.25) is 0 Å². The summed E-state index contributed by atoms with van der Waals surface area (Å²) < 4.78 is 10.1. The molecule has 1 aromatic rings. The molecular formula is C10H9LiO2. The van der Waals surface area contributed by atoms with Crippen molar-refractivity contribution >= 4 is 0 Å². The molecule has 62 valence electrons. The van der Waals surface area contributed by atoms with E-state index in [-0.39, 0.29) is 18.9 Å². The number of benzene rings is 1. The van der Waals surface area contributed by atoms with Crippen molar-refractivity contribution in [1.82, 2.24) is 0 Å². The van der Waals surface area contributed by atoms with Gasteiger partial charge in [-0.25, -0.2) is 0 Å². The summed E-state index contributed by atoms with van der Waals surface area (Å²) in [5.41, 5.74) is 0.674. The zero-order chi connectivity index (χ0) is 8.97. The van der Waals surface area contributed by atoms with Crippen LogP contribution in [0.1, 0.15) is 5.56 Å². The molecule has 0 radical (unpaired) electrons. The fourth-order valence-electron chi connectivity index (χ4n) is 0.914. The standard InChI is InChI=1S/C10H9O2.Li/c1-4-8-5-6-9(11-2)10(7-8)12-3;/h5-7H,2-3H3;/q-1;+1. The molecule has 0 aliphatic carbocycles. The maximum atomic E-state index is 6.90. The molecule has 0 atom stereocenters. The zero-order valence-corrected chi connectivity index (χ0v) is 8.05. The van der Waals surface area contributed by atoms with Crippen LogP contribution in [0.5, 0.6) is 11.5 Å². The molecule has 13 heavy (non-hydrogen) atoms. The Kier molecular flexibility index (Phi) is 5.15. The van der Waals surface area contributed by atoms with E-state index in [4.69, 9.17) is 15.9 Å². The normalized spacial score (nSPS) is 8.08. The van der Waals surface area contributed by atoms with Crippen molar-refractivity contribution in [2.75, 3.05) is 14.2 Å². The topological polar surface area (TPSA) is 18.5 Å². The SMILES string of the molecule is [C-]#Cc1ccc(OC)c(OC)c1.[Li+]. The largest absolute Gasteiger partial charge is 1.00 e. The van der Waals surface area contributed by atoms with Crippen molar-refractivity contribution in [3.8, 4) is 17.4 Å². The van der Waals surface area contributed by atoms with Crippen LogP contribution in [0.25, 0.3) is 0 Å². The van der Waals surface area contributed by atoms with Crippen LogP contribution in [0.2, 0.25) is 0 Å². The third kappa shape index (κ3) is 2.74. The summed E-state index contributed by atoms with van der Waals surface area (Å²) in [6, 6.07) is 5.19. The quantitative estimate of drug-likeness (QED) is 0.308. The number of ether oxygens (including phenoxy) is 2.